The molecular weight excluding hydrogens is 374 g/mol. The summed E-state index contributed by atoms with van der Waals surface area (Å²) in [5.41, 5.74) is 1.15. The minimum atomic E-state index is 0.573. The van der Waals surface area contributed by atoms with Crippen LogP contribution in [-0.2, 0) is 6.54 Å². The second-order valence-electron chi connectivity index (χ2n) is 6.52. The van der Waals surface area contributed by atoms with Gasteiger partial charge in [0, 0.05) is 23.1 Å². The van der Waals surface area contributed by atoms with E-state index in [4.69, 9.17) is 24.2 Å². The Hall–Kier alpha value is -2.38. The molecule has 0 unspecified atom stereocenters. The molecule has 0 aliphatic heterocycles. The summed E-state index contributed by atoms with van der Waals surface area (Å²) in [6, 6.07) is 5.47. The Morgan fingerprint density at radius 3 is 2.11 bits per heavy atom. The van der Waals surface area contributed by atoms with Crippen LogP contribution in [0.1, 0.15) is 30.1 Å². The molecule has 2 heterocycles. The molecule has 1 aromatic carbocycles. The summed E-state index contributed by atoms with van der Waals surface area (Å²) in [4.78, 5) is 14.0. The molecule has 0 bridgehead atoms. The van der Waals surface area contributed by atoms with E-state index in [-0.39, 0.29) is 0 Å². The summed E-state index contributed by atoms with van der Waals surface area (Å²) in [6.07, 6.45) is 0. The van der Waals surface area contributed by atoms with E-state index in [0.29, 0.717) is 29.7 Å². The molecule has 0 N–H and O–H groups in total. The second kappa shape index (κ2) is 8.75. The summed E-state index contributed by atoms with van der Waals surface area (Å²) in [6.45, 7) is 11.1. The number of hydrogen-bond acceptors (Lipinski definition) is 7. The zero-order valence-corrected chi connectivity index (χ0v) is 18.1. The lowest BCUT2D eigenvalue weighted by atomic mass is 10.2. The topological polar surface area (TPSA) is 56.7 Å². The Labute approximate surface area is 170 Å². The summed E-state index contributed by atoms with van der Waals surface area (Å²) in [7, 11) is 3.24. The highest BCUT2D eigenvalue weighted by Crippen LogP contribution is 2.38. The molecule has 2 aromatic heterocycles. The second-order valence-corrected chi connectivity index (χ2v) is 7.72. The molecule has 0 aliphatic carbocycles. The lowest BCUT2D eigenvalue weighted by molar-refractivity contribution is 0.287. The van der Waals surface area contributed by atoms with Gasteiger partial charge in [-0.15, -0.1) is 11.3 Å². The van der Waals surface area contributed by atoms with Gasteiger partial charge in [0.1, 0.15) is 27.9 Å². The van der Waals surface area contributed by atoms with Gasteiger partial charge in [-0.25, -0.2) is 4.98 Å². The van der Waals surface area contributed by atoms with Crippen molar-refractivity contribution in [2.45, 2.75) is 34.2 Å². The minimum Gasteiger partial charge on any atom is -0.496 e. The van der Waals surface area contributed by atoms with Crippen molar-refractivity contribution in [2.24, 2.45) is 0 Å². The molecule has 0 radical (unpaired) electrons. The molecular formula is C21H27N3O3S. The van der Waals surface area contributed by atoms with E-state index in [1.807, 2.05) is 18.2 Å². The number of ether oxygens (including phenoxy) is 3. The number of aryl methyl sites for hydroxylation is 2. The van der Waals surface area contributed by atoms with E-state index in [2.05, 4.69) is 32.6 Å². The van der Waals surface area contributed by atoms with Gasteiger partial charge >= 0.3 is 0 Å². The van der Waals surface area contributed by atoms with Crippen molar-refractivity contribution in [3.63, 3.8) is 0 Å². The Balaban J connectivity index is 2.08. The predicted molar refractivity (Wildman–Crippen MR) is 113 cm³/mol. The number of fused-ring (bicyclic) bond motifs is 1. The van der Waals surface area contributed by atoms with Gasteiger partial charge in [0.15, 0.2) is 0 Å². The lowest BCUT2D eigenvalue weighted by Crippen LogP contribution is -2.23. The average Bonchev–Trinajstić information content (AvgIpc) is 2.99. The average molecular weight is 402 g/mol. The first-order valence-corrected chi connectivity index (χ1v) is 10.2. The van der Waals surface area contributed by atoms with Crippen molar-refractivity contribution < 1.29 is 14.2 Å². The SMILES string of the molecule is CCN(CC)Cc1nc(Oc2cc(OC)cc(OC)c2)c2c(C)c(C)sc2n1. The van der Waals surface area contributed by atoms with E-state index in [9.17, 15) is 0 Å². The monoisotopic (exact) mass is 401 g/mol. The Morgan fingerprint density at radius 1 is 0.929 bits per heavy atom. The molecule has 0 atom stereocenters. The summed E-state index contributed by atoms with van der Waals surface area (Å²) in [5.74, 6) is 3.29. The highest BCUT2D eigenvalue weighted by molar-refractivity contribution is 7.18. The van der Waals surface area contributed by atoms with Crippen molar-refractivity contribution in [1.82, 2.24) is 14.9 Å². The molecule has 0 amide bonds. The van der Waals surface area contributed by atoms with Crippen molar-refractivity contribution in [3.05, 3.63) is 34.5 Å². The lowest BCUT2D eigenvalue weighted by Gasteiger charge is -2.17. The first kappa shape index (κ1) is 20.4. The number of nitrogens with zero attached hydrogens (tertiary/aromatic N) is 3. The predicted octanol–water partition coefficient (Wildman–Crippen LogP) is 4.96. The molecule has 0 spiro atoms. The molecule has 0 saturated heterocycles. The fourth-order valence-corrected chi connectivity index (χ4v) is 4.04. The molecule has 0 saturated carbocycles. The van der Waals surface area contributed by atoms with Crippen LogP contribution in [0.2, 0.25) is 0 Å². The van der Waals surface area contributed by atoms with Gasteiger partial charge in [-0.3, -0.25) is 4.90 Å². The van der Waals surface area contributed by atoms with Crippen LogP contribution < -0.4 is 14.2 Å². The summed E-state index contributed by atoms with van der Waals surface area (Å²) in [5, 5.41) is 0.965. The fourth-order valence-electron chi connectivity index (χ4n) is 3.00. The van der Waals surface area contributed by atoms with Crippen LogP contribution in [0.4, 0.5) is 0 Å². The quantitative estimate of drug-likeness (QED) is 0.532. The number of hydrogen-bond donors (Lipinski definition) is 0. The van der Waals surface area contributed by atoms with Gasteiger partial charge in [-0.2, -0.15) is 4.98 Å². The fraction of sp³-hybridized carbons (Fsp3) is 0.429. The zero-order chi connectivity index (χ0) is 20.3. The van der Waals surface area contributed by atoms with Crippen molar-refractivity contribution >= 4 is 21.6 Å². The third-order valence-electron chi connectivity index (χ3n) is 4.84. The number of rotatable bonds is 8. The number of thiophene rings is 1. The van der Waals surface area contributed by atoms with Gasteiger partial charge < -0.3 is 14.2 Å². The summed E-state index contributed by atoms with van der Waals surface area (Å²) < 4.78 is 17.0. The van der Waals surface area contributed by atoms with E-state index in [1.54, 1.807) is 25.6 Å². The van der Waals surface area contributed by atoms with Gasteiger partial charge in [0.25, 0.3) is 0 Å². The van der Waals surface area contributed by atoms with Crippen LogP contribution >= 0.6 is 11.3 Å². The molecule has 3 aromatic rings. The van der Waals surface area contributed by atoms with Crippen molar-refractivity contribution in [3.8, 4) is 23.1 Å². The molecule has 150 valence electrons. The molecule has 0 fully saturated rings. The van der Waals surface area contributed by atoms with Crippen LogP contribution in [0.5, 0.6) is 23.1 Å². The Kier molecular flexibility index (Phi) is 6.36. The van der Waals surface area contributed by atoms with Gasteiger partial charge in [-0.1, -0.05) is 13.8 Å². The van der Waals surface area contributed by atoms with Gasteiger partial charge in [0.05, 0.1) is 26.2 Å². The maximum atomic E-state index is 6.24. The van der Waals surface area contributed by atoms with Crippen molar-refractivity contribution in [2.75, 3.05) is 27.3 Å². The number of methoxy groups -OCH3 is 2. The van der Waals surface area contributed by atoms with Crippen LogP contribution in [0, 0.1) is 13.8 Å². The highest BCUT2D eigenvalue weighted by Gasteiger charge is 2.18. The van der Waals surface area contributed by atoms with Crippen LogP contribution in [0.15, 0.2) is 18.2 Å². The maximum absolute atomic E-state index is 6.24. The normalized spacial score (nSPS) is 11.2. The molecule has 7 heteroatoms. The Bertz CT molecular complexity index is 945. The third-order valence-corrected chi connectivity index (χ3v) is 5.94. The summed E-state index contributed by atoms with van der Waals surface area (Å²) >= 11 is 1.68. The van der Waals surface area contributed by atoms with E-state index in [0.717, 1.165) is 34.7 Å². The molecule has 3 rings (SSSR count). The third kappa shape index (κ3) is 4.20. The Morgan fingerprint density at radius 2 is 1.54 bits per heavy atom. The highest BCUT2D eigenvalue weighted by atomic mass is 32.1. The molecule has 0 aliphatic rings. The van der Waals surface area contributed by atoms with Crippen molar-refractivity contribution in [1.29, 1.82) is 0 Å². The van der Waals surface area contributed by atoms with Crippen LogP contribution in [-0.4, -0.2) is 42.2 Å². The largest absolute Gasteiger partial charge is 0.496 e. The van der Waals surface area contributed by atoms with Crippen LogP contribution in [0.3, 0.4) is 0 Å². The van der Waals surface area contributed by atoms with Gasteiger partial charge in [0.2, 0.25) is 5.88 Å². The minimum absolute atomic E-state index is 0.573. The number of benzene rings is 1. The molecule has 28 heavy (non-hydrogen) atoms. The first-order valence-electron chi connectivity index (χ1n) is 9.38. The smallest absolute Gasteiger partial charge is 0.231 e. The zero-order valence-electron chi connectivity index (χ0n) is 17.3. The maximum Gasteiger partial charge on any atom is 0.231 e. The standard InChI is InChI=1S/C21H27N3O3S/c1-7-24(8-2)12-18-22-20(19-13(3)14(4)28-21(19)23-18)27-17-10-15(25-5)9-16(11-17)26-6/h9-11H,7-8,12H2,1-6H3. The van der Waals surface area contributed by atoms with E-state index in [1.165, 1.54) is 4.88 Å². The molecule has 6 nitrogen and oxygen atoms in total. The van der Waals surface area contributed by atoms with E-state index < -0.39 is 0 Å². The van der Waals surface area contributed by atoms with Crippen LogP contribution in [0.25, 0.3) is 10.2 Å². The van der Waals surface area contributed by atoms with Gasteiger partial charge in [-0.05, 0) is 32.5 Å². The van der Waals surface area contributed by atoms with E-state index >= 15 is 0 Å². The number of aromatic nitrogens is 2. The first-order chi connectivity index (χ1) is 13.5.